The van der Waals surface area contributed by atoms with Crippen LogP contribution in [-0.4, -0.2) is 45.9 Å². The Kier molecular flexibility index (Phi) is 4.38. The molecule has 1 aliphatic heterocycles. The Morgan fingerprint density at radius 2 is 1.72 bits per heavy atom. The zero-order valence-electron chi connectivity index (χ0n) is 14.6. The zero-order chi connectivity index (χ0) is 17.2. The van der Waals surface area contributed by atoms with Crippen LogP contribution >= 0.6 is 0 Å². The fourth-order valence-electron chi connectivity index (χ4n) is 3.69. The van der Waals surface area contributed by atoms with E-state index in [9.17, 15) is 4.79 Å². The average Bonchev–Trinajstić information content (AvgIpc) is 3.48. The molecule has 1 aromatic carbocycles. The molecule has 1 saturated heterocycles. The van der Waals surface area contributed by atoms with Crippen LogP contribution < -0.4 is 4.90 Å². The maximum absolute atomic E-state index is 12.7. The molecule has 2 aromatic rings. The maximum atomic E-state index is 12.7. The molecule has 0 atom stereocenters. The van der Waals surface area contributed by atoms with Gasteiger partial charge < -0.3 is 9.80 Å². The van der Waals surface area contributed by atoms with Gasteiger partial charge in [-0.3, -0.25) is 4.79 Å². The minimum absolute atomic E-state index is 0.151. The Morgan fingerprint density at radius 3 is 2.32 bits per heavy atom. The topological polar surface area (TPSA) is 49.3 Å². The van der Waals surface area contributed by atoms with Crippen molar-refractivity contribution < 1.29 is 4.79 Å². The summed E-state index contributed by atoms with van der Waals surface area (Å²) in [5, 5.41) is 0. The van der Waals surface area contributed by atoms with Crippen molar-refractivity contribution in [3.63, 3.8) is 0 Å². The predicted octanol–water partition coefficient (Wildman–Crippen LogP) is 3.06. The fourth-order valence-corrected chi connectivity index (χ4v) is 3.69. The van der Waals surface area contributed by atoms with E-state index in [2.05, 4.69) is 14.9 Å². The number of benzene rings is 1. The highest BCUT2D eigenvalue weighted by molar-refractivity contribution is 5.94. The van der Waals surface area contributed by atoms with Crippen LogP contribution in [0.4, 0.5) is 5.82 Å². The number of aromatic nitrogens is 2. The van der Waals surface area contributed by atoms with Crippen LogP contribution in [0.2, 0.25) is 0 Å². The average molecular weight is 336 g/mol. The Balaban J connectivity index is 1.42. The molecule has 1 aromatic heterocycles. The van der Waals surface area contributed by atoms with Gasteiger partial charge in [-0.05, 0) is 50.8 Å². The summed E-state index contributed by atoms with van der Waals surface area (Å²) in [6, 6.07) is 10.9. The highest BCUT2D eigenvalue weighted by atomic mass is 16.2. The second-order valence-corrected chi connectivity index (χ2v) is 7.10. The van der Waals surface area contributed by atoms with Crippen molar-refractivity contribution in [1.29, 1.82) is 0 Å². The molecule has 2 heterocycles. The van der Waals surface area contributed by atoms with Gasteiger partial charge in [-0.25, -0.2) is 9.97 Å². The summed E-state index contributed by atoms with van der Waals surface area (Å²) in [6.45, 7) is 3.66. The van der Waals surface area contributed by atoms with E-state index in [-0.39, 0.29) is 5.91 Å². The monoisotopic (exact) mass is 336 g/mol. The first-order chi connectivity index (χ1) is 12.2. The first kappa shape index (κ1) is 16.1. The molecular formula is C20H24N4O. The van der Waals surface area contributed by atoms with E-state index >= 15 is 0 Å². The first-order valence-corrected chi connectivity index (χ1v) is 9.12. The van der Waals surface area contributed by atoms with Gasteiger partial charge in [0.05, 0.1) is 0 Å². The minimum atomic E-state index is 0.151. The molecule has 130 valence electrons. The van der Waals surface area contributed by atoms with Crippen LogP contribution in [0, 0.1) is 6.92 Å². The van der Waals surface area contributed by atoms with E-state index in [1.165, 1.54) is 18.4 Å². The van der Waals surface area contributed by atoms with Crippen molar-refractivity contribution in [3.8, 4) is 0 Å². The molecule has 4 rings (SSSR count). The zero-order valence-corrected chi connectivity index (χ0v) is 14.6. The first-order valence-electron chi connectivity index (χ1n) is 9.12. The molecule has 0 bridgehead atoms. The Hall–Kier alpha value is -2.43. The van der Waals surface area contributed by atoms with Crippen molar-refractivity contribution in [2.24, 2.45) is 0 Å². The lowest BCUT2D eigenvalue weighted by Gasteiger charge is -2.39. The van der Waals surface area contributed by atoms with E-state index in [1.54, 1.807) is 6.33 Å². The molecule has 2 fully saturated rings. The smallest absolute Gasteiger partial charge is 0.253 e. The normalized spacial score (nSPS) is 18.2. The largest absolute Gasteiger partial charge is 0.350 e. The summed E-state index contributed by atoms with van der Waals surface area (Å²) in [5.41, 5.74) is 1.97. The third kappa shape index (κ3) is 3.50. The lowest BCUT2D eigenvalue weighted by atomic mass is 10.0. The molecular weight excluding hydrogens is 312 g/mol. The van der Waals surface area contributed by atoms with Gasteiger partial charge in [-0.15, -0.1) is 0 Å². The van der Waals surface area contributed by atoms with Crippen molar-refractivity contribution in [2.45, 2.75) is 44.7 Å². The van der Waals surface area contributed by atoms with Gasteiger partial charge >= 0.3 is 0 Å². The van der Waals surface area contributed by atoms with E-state index in [0.29, 0.717) is 12.1 Å². The lowest BCUT2D eigenvalue weighted by Crippen LogP contribution is -2.48. The highest BCUT2D eigenvalue weighted by Gasteiger charge is 2.37. The van der Waals surface area contributed by atoms with Crippen molar-refractivity contribution in [2.75, 3.05) is 18.0 Å². The summed E-state index contributed by atoms with van der Waals surface area (Å²) in [4.78, 5) is 25.7. The van der Waals surface area contributed by atoms with E-state index < -0.39 is 0 Å². The Labute approximate surface area is 148 Å². The summed E-state index contributed by atoms with van der Waals surface area (Å²) in [5.74, 6) is 1.18. The second-order valence-electron chi connectivity index (χ2n) is 7.10. The molecule has 2 aliphatic rings. The van der Waals surface area contributed by atoms with Gasteiger partial charge in [0.15, 0.2) is 0 Å². The summed E-state index contributed by atoms with van der Waals surface area (Å²) in [6.07, 6.45) is 7.92. The number of hydrogen-bond donors (Lipinski definition) is 0. The van der Waals surface area contributed by atoms with Gasteiger partial charge in [-0.2, -0.15) is 0 Å². The third-order valence-corrected chi connectivity index (χ3v) is 5.21. The molecule has 0 spiro atoms. The highest BCUT2D eigenvalue weighted by Crippen LogP contribution is 2.35. The standard InChI is InChI=1S/C20H24N4O/c1-15-2-4-16(5-3-15)20(25)23-12-9-18(10-13-23)24(17-6-7-17)19-8-11-21-14-22-19/h2-5,8,11,14,17-18H,6-7,9-10,12-13H2,1H3. The quantitative estimate of drug-likeness (QED) is 0.861. The van der Waals surface area contributed by atoms with Gasteiger partial charge in [-0.1, -0.05) is 17.7 Å². The van der Waals surface area contributed by atoms with Crippen LogP contribution in [0.1, 0.15) is 41.6 Å². The minimum Gasteiger partial charge on any atom is -0.350 e. The van der Waals surface area contributed by atoms with Crippen LogP contribution in [-0.2, 0) is 0 Å². The molecule has 25 heavy (non-hydrogen) atoms. The van der Waals surface area contributed by atoms with E-state index in [4.69, 9.17) is 0 Å². The molecule has 0 N–H and O–H groups in total. The molecule has 5 nitrogen and oxygen atoms in total. The molecule has 0 radical (unpaired) electrons. The third-order valence-electron chi connectivity index (χ3n) is 5.21. The summed E-state index contributed by atoms with van der Waals surface area (Å²) >= 11 is 0. The summed E-state index contributed by atoms with van der Waals surface area (Å²) < 4.78 is 0. The van der Waals surface area contributed by atoms with Crippen molar-refractivity contribution in [3.05, 3.63) is 54.0 Å². The fraction of sp³-hybridized carbons (Fsp3) is 0.450. The van der Waals surface area contributed by atoms with Crippen LogP contribution in [0.25, 0.3) is 0 Å². The second kappa shape index (κ2) is 6.82. The number of aryl methyl sites for hydroxylation is 1. The lowest BCUT2D eigenvalue weighted by molar-refractivity contribution is 0.0712. The number of piperidine rings is 1. The van der Waals surface area contributed by atoms with Gasteiger partial charge in [0.1, 0.15) is 12.1 Å². The molecule has 1 amide bonds. The van der Waals surface area contributed by atoms with Crippen LogP contribution in [0.3, 0.4) is 0 Å². The predicted molar refractivity (Wildman–Crippen MR) is 97.6 cm³/mol. The molecule has 1 saturated carbocycles. The van der Waals surface area contributed by atoms with Crippen molar-refractivity contribution in [1.82, 2.24) is 14.9 Å². The number of carbonyl (C=O) groups excluding carboxylic acids is 1. The van der Waals surface area contributed by atoms with Gasteiger partial charge in [0.2, 0.25) is 0 Å². The molecule has 0 unspecified atom stereocenters. The molecule has 5 heteroatoms. The van der Waals surface area contributed by atoms with Gasteiger partial charge in [0.25, 0.3) is 5.91 Å². The van der Waals surface area contributed by atoms with Gasteiger partial charge in [0, 0.05) is 36.9 Å². The maximum Gasteiger partial charge on any atom is 0.253 e. The number of rotatable bonds is 4. The number of nitrogens with zero attached hydrogens (tertiary/aromatic N) is 4. The number of carbonyl (C=O) groups is 1. The molecule has 1 aliphatic carbocycles. The van der Waals surface area contributed by atoms with E-state index in [1.807, 2.05) is 48.4 Å². The summed E-state index contributed by atoms with van der Waals surface area (Å²) in [7, 11) is 0. The number of amides is 1. The number of likely N-dealkylation sites (tertiary alicyclic amines) is 1. The Bertz CT molecular complexity index is 719. The number of anilines is 1. The van der Waals surface area contributed by atoms with Crippen LogP contribution in [0.5, 0.6) is 0 Å². The SMILES string of the molecule is Cc1ccc(C(=O)N2CCC(N(c3ccncn3)C3CC3)CC2)cc1. The van der Waals surface area contributed by atoms with Crippen molar-refractivity contribution >= 4 is 11.7 Å². The van der Waals surface area contributed by atoms with E-state index in [0.717, 1.165) is 37.3 Å². The Morgan fingerprint density at radius 1 is 1.04 bits per heavy atom. The number of hydrogen-bond acceptors (Lipinski definition) is 4. The van der Waals surface area contributed by atoms with Crippen LogP contribution in [0.15, 0.2) is 42.9 Å².